The summed E-state index contributed by atoms with van der Waals surface area (Å²) in [6.07, 6.45) is 1.63. The molecule has 0 amide bonds. The maximum Gasteiger partial charge on any atom is 0.242 e. The second kappa shape index (κ2) is 5.64. The summed E-state index contributed by atoms with van der Waals surface area (Å²) < 4.78 is 31.6. The first-order valence-electron chi connectivity index (χ1n) is 6.15. The Balaban J connectivity index is 2.30. The zero-order chi connectivity index (χ0) is 14.8. The molecular formula is C13H17N3O3S. The number of benzene rings is 1. The molecule has 0 bridgehead atoms. The van der Waals surface area contributed by atoms with E-state index in [4.69, 9.17) is 4.42 Å². The quantitative estimate of drug-likeness (QED) is 0.882. The molecule has 6 nitrogen and oxygen atoms in total. The third-order valence-corrected chi connectivity index (χ3v) is 4.30. The van der Waals surface area contributed by atoms with E-state index in [1.54, 1.807) is 30.5 Å². The predicted octanol–water partition coefficient (Wildman–Crippen LogP) is 2.06. The van der Waals surface area contributed by atoms with Crippen LogP contribution in [0.5, 0.6) is 0 Å². The molecule has 0 saturated carbocycles. The number of sulfonamides is 1. The Morgan fingerprint density at radius 3 is 2.60 bits per heavy atom. The van der Waals surface area contributed by atoms with Crippen LogP contribution in [-0.4, -0.2) is 20.4 Å². The van der Waals surface area contributed by atoms with Gasteiger partial charge in [-0.05, 0) is 33.0 Å². The highest BCUT2D eigenvalue weighted by atomic mass is 32.2. The van der Waals surface area contributed by atoms with Crippen LogP contribution in [0.15, 0.2) is 39.8 Å². The number of nitrogens with zero attached hydrogens (tertiary/aromatic N) is 1. The summed E-state index contributed by atoms with van der Waals surface area (Å²) in [7, 11) is -2.13. The Labute approximate surface area is 118 Å². The molecule has 1 aromatic carbocycles. The Kier molecular flexibility index (Phi) is 4.10. The van der Waals surface area contributed by atoms with Gasteiger partial charge in [0.2, 0.25) is 15.9 Å². The molecule has 0 radical (unpaired) electrons. The average molecular weight is 295 g/mol. The summed E-state index contributed by atoms with van der Waals surface area (Å²) in [6, 6.07) is 6.45. The van der Waals surface area contributed by atoms with Gasteiger partial charge >= 0.3 is 0 Å². The van der Waals surface area contributed by atoms with Crippen molar-refractivity contribution in [2.75, 3.05) is 12.4 Å². The Morgan fingerprint density at radius 1 is 1.30 bits per heavy atom. The molecule has 7 heteroatoms. The summed E-state index contributed by atoms with van der Waals surface area (Å²) in [5, 5.41) is 3.11. The second-order valence-electron chi connectivity index (χ2n) is 4.38. The number of rotatable bonds is 5. The summed E-state index contributed by atoms with van der Waals surface area (Å²) in [5.41, 5.74) is 0.505. The van der Waals surface area contributed by atoms with Gasteiger partial charge in [0.1, 0.15) is 16.7 Å². The second-order valence-corrected chi connectivity index (χ2v) is 6.23. The molecule has 0 saturated heterocycles. The fraction of sp³-hybridized carbons (Fsp3) is 0.308. The fourth-order valence-corrected chi connectivity index (χ4v) is 2.69. The van der Waals surface area contributed by atoms with Gasteiger partial charge in [0.05, 0.1) is 11.9 Å². The molecule has 0 fully saturated rings. The molecule has 1 unspecified atom stereocenters. The molecule has 2 N–H and O–H groups in total. The average Bonchev–Trinajstić information content (AvgIpc) is 2.86. The first kappa shape index (κ1) is 14.5. The van der Waals surface area contributed by atoms with Crippen LogP contribution >= 0.6 is 0 Å². The SMILES string of the molecule is CNS(=O)(=O)c1ccccc1NC(C)c1ncc(C)o1. The summed E-state index contributed by atoms with van der Waals surface area (Å²) in [4.78, 5) is 4.32. The maximum absolute atomic E-state index is 12.0. The Hall–Kier alpha value is -1.86. The zero-order valence-corrected chi connectivity index (χ0v) is 12.4. The third-order valence-electron chi connectivity index (χ3n) is 2.83. The van der Waals surface area contributed by atoms with Crippen molar-refractivity contribution in [3.8, 4) is 0 Å². The largest absolute Gasteiger partial charge is 0.444 e. The Morgan fingerprint density at radius 2 is 2.00 bits per heavy atom. The van der Waals surface area contributed by atoms with Crippen LogP contribution in [-0.2, 0) is 10.0 Å². The first-order valence-corrected chi connectivity index (χ1v) is 7.64. The lowest BCUT2D eigenvalue weighted by atomic mass is 10.2. The number of aromatic nitrogens is 1. The van der Waals surface area contributed by atoms with Crippen molar-refractivity contribution >= 4 is 15.7 Å². The van der Waals surface area contributed by atoms with Crippen molar-refractivity contribution in [1.29, 1.82) is 0 Å². The van der Waals surface area contributed by atoms with Crippen LogP contribution in [0.3, 0.4) is 0 Å². The predicted molar refractivity (Wildman–Crippen MR) is 76.0 cm³/mol. The van der Waals surface area contributed by atoms with E-state index in [2.05, 4.69) is 15.0 Å². The van der Waals surface area contributed by atoms with Gasteiger partial charge in [0.25, 0.3) is 0 Å². The first-order chi connectivity index (χ1) is 9.44. The molecule has 20 heavy (non-hydrogen) atoms. The van der Waals surface area contributed by atoms with Crippen LogP contribution < -0.4 is 10.0 Å². The van der Waals surface area contributed by atoms with E-state index in [-0.39, 0.29) is 10.9 Å². The monoisotopic (exact) mass is 295 g/mol. The molecule has 1 heterocycles. The highest BCUT2D eigenvalue weighted by Crippen LogP contribution is 2.25. The summed E-state index contributed by atoms with van der Waals surface area (Å²) in [5.74, 6) is 1.23. The van der Waals surface area contributed by atoms with Gasteiger partial charge < -0.3 is 9.73 Å². The summed E-state index contributed by atoms with van der Waals surface area (Å²) >= 11 is 0. The maximum atomic E-state index is 12.0. The topological polar surface area (TPSA) is 84.2 Å². The lowest BCUT2D eigenvalue weighted by molar-refractivity contribution is 0.453. The minimum Gasteiger partial charge on any atom is -0.444 e. The van der Waals surface area contributed by atoms with Gasteiger partial charge in [-0.3, -0.25) is 0 Å². The van der Waals surface area contributed by atoms with Crippen molar-refractivity contribution in [2.45, 2.75) is 24.8 Å². The molecule has 0 aliphatic rings. The molecule has 1 aromatic heterocycles. The fourth-order valence-electron chi connectivity index (χ4n) is 1.80. The third kappa shape index (κ3) is 3.00. The smallest absolute Gasteiger partial charge is 0.242 e. The summed E-state index contributed by atoms with van der Waals surface area (Å²) in [6.45, 7) is 3.66. The zero-order valence-electron chi connectivity index (χ0n) is 11.5. The minimum atomic E-state index is -3.51. The molecule has 0 spiro atoms. The normalized spacial score (nSPS) is 13.2. The number of oxazole rings is 1. The van der Waals surface area contributed by atoms with Gasteiger partial charge in [-0.15, -0.1) is 0 Å². The highest BCUT2D eigenvalue weighted by Gasteiger charge is 2.19. The number of hydrogen-bond donors (Lipinski definition) is 2. The van der Waals surface area contributed by atoms with Gasteiger partial charge in [0, 0.05) is 0 Å². The standard InChI is InChI=1S/C13H17N3O3S/c1-9-8-15-13(19-9)10(2)16-11-6-4-5-7-12(11)20(17,18)14-3/h4-8,10,14,16H,1-3H3. The lowest BCUT2D eigenvalue weighted by Gasteiger charge is -2.15. The van der Waals surface area contributed by atoms with Gasteiger partial charge in [-0.2, -0.15) is 0 Å². The molecule has 2 rings (SSSR count). The Bertz CT molecular complexity index is 694. The van der Waals surface area contributed by atoms with E-state index in [1.807, 2.05) is 13.8 Å². The number of hydrogen-bond acceptors (Lipinski definition) is 5. The molecule has 2 aromatic rings. The minimum absolute atomic E-state index is 0.192. The van der Waals surface area contributed by atoms with Gasteiger partial charge in [0.15, 0.2) is 0 Å². The molecular weight excluding hydrogens is 278 g/mol. The van der Waals surface area contributed by atoms with Crippen LogP contribution in [0.2, 0.25) is 0 Å². The lowest BCUT2D eigenvalue weighted by Crippen LogP contribution is -2.20. The van der Waals surface area contributed by atoms with Crippen molar-refractivity contribution in [3.05, 3.63) is 42.1 Å². The highest BCUT2D eigenvalue weighted by molar-refractivity contribution is 7.89. The van der Waals surface area contributed by atoms with Crippen molar-refractivity contribution in [3.63, 3.8) is 0 Å². The molecule has 1 atom stereocenters. The van der Waals surface area contributed by atoms with Crippen LogP contribution in [0, 0.1) is 6.92 Å². The number of anilines is 1. The van der Waals surface area contributed by atoms with Gasteiger partial charge in [-0.1, -0.05) is 12.1 Å². The van der Waals surface area contributed by atoms with E-state index in [0.29, 0.717) is 17.3 Å². The van der Waals surface area contributed by atoms with E-state index in [0.717, 1.165) is 0 Å². The molecule has 0 aliphatic heterocycles. The number of para-hydroxylation sites is 1. The van der Waals surface area contributed by atoms with E-state index < -0.39 is 10.0 Å². The van der Waals surface area contributed by atoms with E-state index in [1.165, 1.54) is 7.05 Å². The van der Waals surface area contributed by atoms with Crippen molar-refractivity contribution in [2.24, 2.45) is 0 Å². The van der Waals surface area contributed by atoms with Crippen LogP contribution in [0.1, 0.15) is 24.6 Å². The molecule has 108 valence electrons. The number of nitrogens with one attached hydrogen (secondary N) is 2. The van der Waals surface area contributed by atoms with Crippen LogP contribution in [0.25, 0.3) is 0 Å². The van der Waals surface area contributed by atoms with Crippen LogP contribution in [0.4, 0.5) is 5.69 Å². The van der Waals surface area contributed by atoms with Crippen molar-refractivity contribution < 1.29 is 12.8 Å². The number of aryl methyl sites for hydroxylation is 1. The molecule has 0 aliphatic carbocycles. The van der Waals surface area contributed by atoms with E-state index in [9.17, 15) is 8.42 Å². The van der Waals surface area contributed by atoms with Crippen molar-refractivity contribution in [1.82, 2.24) is 9.71 Å². The van der Waals surface area contributed by atoms with E-state index >= 15 is 0 Å². The van der Waals surface area contributed by atoms with Gasteiger partial charge in [-0.25, -0.2) is 18.1 Å².